The second-order valence-electron chi connectivity index (χ2n) is 7.00. The van der Waals surface area contributed by atoms with Crippen LogP contribution in [-0.4, -0.2) is 34.6 Å². The molecule has 0 N–H and O–H groups in total. The normalized spacial score (nSPS) is 34.5. The molecule has 0 bridgehead atoms. The first-order valence-electron chi connectivity index (χ1n) is 8.14. The topological polar surface area (TPSA) is 52.4 Å². The van der Waals surface area contributed by atoms with Crippen LogP contribution in [-0.2, 0) is 4.18 Å². The van der Waals surface area contributed by atoms with Gasteiger partial charge in [-0.3, -0.25) is 10.1 Å². The average Bonchev–Trinajstić information content (AvgIpc) is 2.46. The molecule has 122 valence electrons. The van der Waals surface area contributed by atoms with Crippen LogP contribution in [0.5, 0.6) is 0 Å². The first kappa shape index (κ1) is 16.8. The van der Waals surface area contributed by atoms with Gasteiger partial charge in [-0.15, -0.1) is 9.49 Å². The van der Waals surface area contributed by atoms with Gasteiger partial charge in [-0.2, -0.15) is 0 Å². The van der Waals surface area contributed by atoms with E-state index < -0.39 is 9.49 Å². The maximum absolute atomic E-state index is 10.8. The van der Waals surface area contributed by atoms with E-state index in [-0.39, 0.29) is 11.0 Å². The summed E-state index contributed by atoms with van der Waals surface area (Å²) in [5.41, 5.74) is 0. The van der Waals surface area contributed by atoms with Gasteiger partial charge in [0.25, 0.3) is 0 Å². The number of nitro groups is 1. The second-order valence-corrected chi connectivity index (χ2v) is 9.64. The molecule has 0 aromatic rings. The molecule has 2 fully saturated rings. The van der Waals surface area contributed by atoms with Gasteiger partial charge in [0.15, 0.2) is 0 Å². The summed E-state index contributed by atoms with van der Waals surface area (Å²) in [5.74, 6) is 9.86. The van der Waals surface area contributed by atoms with Crippen LogP contribution in [0, 0.1) is 22.0 Å². The molecule has 2 rings (SSSR count). The quantitative estimate of drug-likeness (QED) is 0.438. The highest BCUT2D eigenvalue weighted by molar-refractivity contribution is 8.24. The average molecular weight is 315 g/mol. The molecule has 0 saturated heterocycles. The summed E-state index contributed by atoms with van der Waals surface area (Å²) < 4.78 is 6.13. The number of hydrogen-bond donors (Lipinski definition) is 0. The van der Waals surface area contributed by atoms with Gasteiger partial charge in [0.2, 0.25) is 6.04 Å². The molecule has 4 nitrogen and oxygen atoms in total. The van der Waals surface area contributed by atoms with Crippen LogP contribution in [0.2, 0.25) is 0 Å². The molecule has 0 amide bonds. The zero-order chi connectivity index (χ0) is 15.5. The van der Waals surface area contributed by atoms with Gasteiger partial charge in [0, 0.05) is 23.0 Å². The Kier molecular flexibility index (Phi) is 5.72. The van der Waals surface area contributed by atoms with Crippen molar-refractivity contribution in [2.75, 3.05) is 6.61 Å². The van der Waals surface area contributed by atoms with E-state index in [1.807, 2.05) is 0 Å². The van der Waals surface area contributed by atoms with Crippen LogP contribution < -0.4 is 0 Å². The molecule has 0 spiro atoms. The Balaban J connectivity index is 1.76. The summed E-state index contributed by atoms with van der Waals surface area (Å²) >= 11 is 0. The lowest BCUT2D eigenvalue weighted by Crippen LogP contribution is -2.28. The third kappa shape index (κ3) is 4.71. The van der Waals surface area contributed by atoms with E-state index in [4.69, 9.17) is 4.18 Å². The standard InChI is InChI=1S/C16H29NO3S/c1-13-4-10-16(11-5-13)21(2,3)20-12-14-6-8-15(9-7-14)17(18)19/h13-16H,2-12H2,1H3. The molecule has 2 aliphatic carbocycles. The van der Waals surface area contributed by atoms with E-state index in [1.165, 1.54) is 25.7 Å². The Morgan fingerprint density at radius 3 is 2.19 bits per heavy atom. The predicted molar refractivity (Wildman–Crippen MR) is 91.9 cm³/mol. The Bertz CT molecular complexity index is 444. The van der Waals surface area contributed by atoms with Gasteiger partial charge in [-0.25, -0.2) is 0 Å². The van der Waals surface area contributed by atoms with Crippen LogP contribution in [0.15, 0.2) is 0 Å². The fraction of sp³-hybridized carbons (Fsp3) is 0.875. The molecule has 0 atom stereocenters. The number of rotatable bonds is 5. The van der Waals surface area contributed by atoms with Crippen molar-refractivity contribution in [1.82, 2.24) is 0 Å². The van der Waals surface area contributed by atoms with Gasteiger partial charge in [-0.05, 0) is 50.4 Å². The summed E-state index contributed by atoms with van der Waals surface area (Å²) in [4.78, 5) is 10.6. The van der Waals surface area contributed by atoms with E-state index >= 15 is 0 Å². The minimum atomic E-state index is -1.47. The third-order valence-electron chi connectivity index (χ3n) is 5.22. The van der Waals surface area contributed by atoms with Crippen molar-refractivity contribution >= 4 is 21.2 Å². The lowest BCUT2D eigenvalue weighted by molar-refractivity contribution is -0.527. The molecule has 0 radical (unpaired) electrons. The van der Waals surface area contributed by atoms with Gasteiger partial charge in [0.1, 0.15) is 0 Å². The summed E-state index contributed by atoms with van der Waals surface area (Å²) in [6, 6.07) is -0.335. The Hall–Kier alpha value is -0.550. The number of nitrogens with zero attached hydrogens (tertiary/aromatic N) is 1. The lowest BCUT2D eigenvalue weighted by Gasteiger charge is -2.33. The molecule has 0 aromatic heterocycles. The first-order valence-corrected chi connectivity index (χ1v) is 10.1. The Morgan fingerprint density at radius 2 is 1.67 bits per heavy atom. The van der Waals surface area contributed by atoms with Crippen LogP contribution >= 0.6 is 9.49 Å². The van der Waals surface area contributed by atoms with E-state index in [9.17, 15) is 10.1 Å². The van der Waals surface area contributed by atoms with Gasteiger partial charge < -0.3 is 4.18 Å². The van der Waals surface area contributed by atoms with Crippen molar-refractivity contribution in [2.24, 2.45) is 11.8 Å². The van der Waals surface area contributed by atoms with Crippen LogP contribution in [0.25, 0.3) is 0 Å². The van der Waals surface area contributed by atoms with E-state index in [2.05, 4.69) is 18.7 Å². The maximum atomic E-state index is 10.8. The smallest absolute Gasteiger partial charge is 0.213 e. The van der Waals surface area contributed by atoms with Crippen molar-refractivity contribution < 1.29 is 9.11 Å². The lowest BCUT2D eigenvalue weighted by atomic mass is 9.87. The summed E-state index contributed by atoms with van der Waals surface area (Å²) in [7, 11) is -1.47. The fourth-order valence-electron chi connectivity index (χ4n) is 3.51. The van der Waals surface area contributed by atoms with Gasteiger partial charge in [0.05, 0.1) is 6.61 Å². The van der Waals surface area contributed by atoms with Crippen LogP contribution in [0.3, 0.4) is 0 Å². The number of hydrogen-bond acceptors (Lipinski definition) is 3. The predicted octanol–water partition coefficient (Wildman–Crippen LogP) is 4.00. The largest absolute Gasteiger partial charge is 0.330 e. The highest BCUT2D eigenvalue weighted by Gasteiger charge is 2.29. The van der Waals surface area contributed by atoms with Crippen LogP contribution in [0.1, 0.15) is 58.3 Å². The van der Waals surface area contributed by atoms with Crippen molar-refractivity contribution in [1.29, 1.82) is 0 Å². The summed E-state index contributed by atoms with van der Waals surface area (Å²) in [5, 5.41) is 11.3. The zero-order valence-corrected chi connectivity index (χ0v) is 14.0. The monoisotopic (exact) mass is 315 g/mol. The van der Waals surface area contributed by atoms with Crippen molar-refractivity contribution in [3.63, 3.8) is 0 Å². The van der Waals surface area contributed by atoms with Crippen molar-refractivity contribution in [3.8, 4) is 0 Å². The fourth-order valence-corrected chi connectivity index (χ4v) is 5.30. The molecular weight excluding hydrogens is 286 g/mol. The molecule has 0 heterocycles. The first-order chi connectivity index (χ1) is 9.88. The Labute approximate surface area is 129 Å². The van der Waals surface area contributed by atoms with Gasteiger partial charge >= 0.3 is 0 Å². The molecule has 2 saturated carbocycles. The highest BCUT2D eigenvalue weighted by atomic mass is 32.2. The third-order valence-corrected chi connectivity index (χ3v) is 7.52. The second kappa shape index (κ2) is 7.14. The minimum absolute atomic E-state index is 0.126. The highest BCUT2D eigenvalue weighted by Crippen LogP contribution is 2.40. The van der Waals surface area contributed by atoms with Crippen molar-refractivity contribution in [2.45, 2.75) is 69.6 Å². The maximum Gasteiger partial charge on any atom is 0.213 e. The van der Waals surface area contributed by atoms with Crippen LogP contribution in [0.4, 0.5) is 0 Å². The molecule has 2 aliphatic rings. The van der Waals surface area contributed by atoms with E-state index in [1.54, 1.807) is 0 Å². The van der Waals surface area contributed by atoms with E-state index in [0.717, 1.165) is 18.8 Å². The molecule has 0 unspecified atom stereocenters. The molecule has 21 heavy (non-hydrogen) atoms. The molecule has 0 aromatic carbocycles. The minimum Gasteiger partial charge on any atom is -0.330 e. The van der Waals surface area contributed by atoms with E-state index in [0.29, 0.717) is 30.6 Å². The molecule has 0 aliphatic heterocycles. The summed E-state index contributed by atoms with van der Waals surface area (Å²) in [6.45, 7) is 3.01. The Morgan fingerprint density at radius 1 is 1.10 bits per heavy atom. The molecule has 5 heteroatoms. The van der Waals surface area contributed by atoms with Crippen molar-refractivity contribution in [3.05, 3.63) is 10.1 Å². The zero-order valence-electron chi connectivity index (χ0n) is 13.2. The molecular formula is C16H29NO3S. The van der Waals surface area contributed by atoms with Gasteiger partial charge in [-0.1, -0.05) is 18.7 Å². The summed E-state index contributed by atoms with van der Waals surface area (Å²) in [6.07, 6.45) is 8.11. The SMILES string of the molecule is C=S(=C)(OCC1CCC([N+](=O)[O-])CC1)C1CCC(C)CC1.